The Hall–Kier alpha value is -0.940. The topological polar surface area (TPSA) is 54.0 Å². The number of carbonyl (C=O) groups excluding carboxylic acids is 1. The van der Waals surface area contributed by atoms with Crippen molar-refractivity contribution >= 4 is 17.2 Å². The number of thiazole rings is 1. The maximum absolute atomic E-state index is 11.6. The molecule has 90 valence electrons. The van der Waals surface area contributed by atoms with Crippen molar-refractivity contribution in [2.45, 2.75) is 32.7 Å². The average molecular weight is 241 g/mol. The zero-order chi connectivity index (χ0) is 12.0. The van der Waals surface area contributed by atoms with Gasteiger partial charge in [0.1, 0.15) is 0 Å². The minimum absolute atomic E-state index is 0.0371. The third-order valence-electron chi connectivity index (χ3n) is 2.34. The van der Waals surface area contributed by atoms with Gasteiger partial charge in [-0.05, 0) is 20.4 Å². The molecule has 1 atom stereocenters. The summed E-state index contributed by atoms with van der Waals surface area (Å²) in [6.07, 6.45) is 1.32. The minimum atomic E-state index is 0.0371. The van der Waals surface area contributed by atoms with E-state index in [-0.39, 0.29) is 5.91 Å². The second-order valence-electron chi connectivity index (χ2n) is 3.76. The van der Waals surface area contributed by atoms with Gasteiger partial charge in [-0.2, -0.15) is 0 Å². The molecule has 0 radical (unpaired) electrons. The first-order valence-electron chi connectivity index (χ1n) is 5.53. The lowest BCUT2D eigenvalue weighted by Crippen LogP contribution is -2.37. The van der Waals surface area contributed by atoms with E-state index in [0.29, 0.717) is 19.0 Å². The fourth-order valence-electron chi connectivity index (χ4n) is 1.19. The Labute approximate surface area is 100 Å². The van der Waals surface area contributed by atoms with E-state index in [1.54, 1.807) is 11.3 Å². The Bertz CT molecular complexity index is 338. The van der Waals surface area contributed by atoms with E-state index in [1.807, 2.05) is 19.4 Å². The molecule has 0 aliphatic heterocycles. The molecule has 0 fully saturated rings. The minimum Gasteiger partial charge on any atom is -0.354 e. The number of hydrogen-bond acceptors (Lipinski definition) is 4. The smallest absolute Gasteiger partial charge is 0.226 e. The maximum atomic E-state index is 11.6. The van der Waals surface area contributed by atoms with E-state index in [1.165, 1.54) is 0 Å². The van der Waals surface area contributed by atoms with Crippen molar-refractivity contribution in [3.63, 3.8) is 0 Å². The van der Waals surface area contributed by atoms with Gasteiger partial charge in [0, 0.05) is 18.0 Å². The quantitative estimate of drug-likeness (QED) is 0.780. The molecule has 5 heteroatoms. The number of rotatable bonds is 6. The van der Waals surface area contributed by atoms with Gasteiger partial charge in [0.2, 0.25) is 5.91 Å². The molecule has 1 amide bonds. The molecule has 0 saturated heterocycles. The Kier molecular flexibility index (Phi) is 5.42. The van der Waals surface area contributed by atoms with Crippen molar-refractivity contribution in [2.24, 2.45) is 0 Å². The lowest BCUT2D eigenvalue weighted by Gasteiger charge is -2.10. The summed E-state index contributed by atoms with van der Waals surface area (Å²) >= 11 is 1.62. The summed E-state index contributed by atoms with van der Waals surface area (Å²) in [5, 5.41) is 8.99. The number of carbonyl (C=O) groups is 1. The SMILES string of the molecule is CCc1nc(CC(=O)NCC(C)NC)cs1. The predicted octanol–water partition coefficient (Wildman–Crippen LogP) is 0.972. The normalized spacial score (nSPS) is 12.4. The van der Waals surface area contributed by atoms with Gasteiger partial charge < -0.3 is 10.6 Å². The van der Waals surface area contributed by atoms with Crippen LogP contribution in [0.2, 0.25) is 0 Å². The molecule has 1 unspecified atom stereocenters. The summed E-state index contributed by atoms with van der Waals surface area (Å²) in [4.78, 5) is 15.9. The van der Waals surface area contributed by atoms with Crippen LogP contribution >= 0.6 is 11.3 Å². The maximum Gasteiger partial charge on any atom is 0.226 e. The molecule has 1 rings (SSSR count). The molecule has 4 nitrogen and oxygen atoms in total. The van der Waals surface area contributed by atoms with Crippen molar-refractivity contribution in [2.75, 3.05) is 13.6 Å². The summed E-state index contributed by atoms with van der Waals surface area (Å²) < 4.78 is 0. The van der Waals surface area contributed by atoms with Crippen LogP contribution in [-0.2, 0) is 17.6 Å². The van der Waals surface area contributed by atoms with Crippen LogP contribution in [0.1, 0.15) is 24.5 Å². The number of amides is 1. The summed E-state index contributed by atoms with van der Waals surface area (Å²) in [5.41, 5.74) is 0.872. The number of hydrogen-bond donors (Lipinski definition) is 2. The highest BCUT2D eigenvalue weighted by molar-refractivity contribution is 7.09. The molecular formula is C11H19N3OS. The fourth-order valence-corrected chi connectivity index (χ4v) is 1.93. The second-order valence-corrected chi connectivity index (χ2v) is 4.70. The monoisotopic (exact) mass is 241 g/mol. The zero-order valence-electron chi connectivity index (χ0n) is 10.0. The summed E-state index contributed by atoms with van der Waals surface area (Å²) in [5.74, 6) is 0.0371. The summed E-state index contributed by atoms with van der Waals surface area (Å²) in [6, 6.07) is 0.297. The number of nitrogens with zero attached hydrogens (tertiary/aromatic N) is 1. The van der Waals surface area contributed by atoms with E-state index in [9.17, 15) is 4.79 Å². The largest absolute Gasteiger partial charge is 0.354 e. The Balaban J connectivity index is 2.33. The molecular weight excluding hydrogens is 222 g/mol. The van der Waals surface area contributed by atoms with Crippen molar-refractivity contribution in [1.82, 2.24) is 15.6 Å². The van der Waals surface area contributed by atoms with Crippen molar-refractivity contribution in [1.29, 1.82) is 0 Å². The Morgan fingerprint density at radius 1 is 1.62 bits per heavy atom. The standard InChI is InChI=1S/C11H19N3OS/c1-4-11-14-9(7-16-11)5-10(15)13-6-8(2)12-3/h7-8,12H,4-6H2,1-3H3,(H,13,15). The second kappa shape index (κ2) is 6.60. The van der Waals surface area contributed by atoms with Gasteiger partial charge in [-0.25, -0.2) is 4.98 Å². The lowest BCUT2D eigenvalue weighted by atomic mass is 10.3. The Morgan fingerprint density at radius 2 is 2.38 bits per heavy atom. The molecule has 0 saturated carbocycles. The molecule has 0 spiro atoms. The van der Waals surface area contributed by atoms with Crippen LogP contribution in [-0.4, -0.2) is 30.5 Å². The lowest BCUT2D eigenvalue weighted by molar-refractivity contribution is -0.120. The highest BCUT2D eigenvalue weighted by Crippen LogP contribution is 2.10. The first-order valence-corrected chi connectivity index (χ1v) is 6.41. The van der Waals surface area contributed by atoms with Crippen LogP contribution < -0.4 is 10.6 Å². The van der Waals surface area contributed by atoms with E-state index in [0.717, 1.165) is 17.1 Å². The van der Waals surface area contributed by atoms with Gasteiger partial charge in [0.05, 0.1) is 17.1 Å². The van der Waals surface area contributed by atoms with Gasteiger partial charge in [-0.3, -0.25) is 4.79 Å². The summed E-state index contributed by atoms with van der Waals surface area (Å²) in [6.45, 7) is 4.75. The van der Waals surface area contributed by atoms with Gasteiger partial charge in [-0.1, -0.05) is 6.92 Å². The molecule has 0 aromatic carbocycles. The third kappa shape index (κ3) is 4.28. The number of aryl methyl sites for hydroxylation is 1. The van der Waals surface area contributed by atoms with Gasteiger partial charge in [0.15, 0.2) is 0 Å². The van der Waals surface area contributed by atoms with Gasteiger partial charge in [0.25, 0.3) is 0 Å². The van der Waals surface area contributed by atoms with E-state index < -0.39 is 0 Å². The van der Waals surface area contributed by atoms with Crippen molar-refractivity contribution in [3.05, 3.63) is 16.1 Å². The molecule has 1 aromatic heterocycles. The highest BCUT2D eigenvalue weighted by atomic mass is 32.1. The van der Waals surface area contributed by atoms with Crippen LogP contribution in [0.4, 0.5) is 0 Å². The molecule has 0 aliphatic carbocycles. The van der Waals surface area contributed by atoms with Gasteiger partial charge >= 0.3 is 0 Å². The van der Waals surface area contributed by atoms with E-state index in [4.69, 9.17) is 0 Å². The van der Waals surface area contributed by atoms with Crippen molar-refractivity contribution in [3.8, 4) is 0 Å². The first kappa shape index (κ1) is 13.1. The molecule has 16 heavy (non-hydrogen) atoms. The number of aromatic nitrogens is 1. The predicted molar refractivity (Wildman–Crippen MR) is 66.7 cm³/mol. The van der Waals surface area contributed by atoms with E-state index in [2.05, 4.69) is 22.5 Å². The molecule has 0 aliphatic rings. The van der Waals surface area contributed by atoms with Gasteiger partial charge in [-0.15, -0.1) is 11.3 Å². The molecule has 0 bridgehead atoms. The zero-order valence-corrected chi connectivity index (χ0v) is 10.9. The first-order chi connectivity index (χ1) is 7.65. The fraction of sp³-hybridized carbons (Fsp3) is 0.636. The van der Waals surface area contributed by atoms with Crippen molar-refractivity contribution < 1.29 is 4.79 Å². The Morgan fingerprint density at radius 3 is 2.94 bits per heavy atom. The van der Waals surface area contributed by atoms with Crippen LogP contribution in [0, 0.1) is 0 Å². The molecule has 1 aromatic rings. The molecule has 1 heterocycles. The third-order valence-corrected chi connectivity index (χ3v) is 3.38. The summed E-state index contributed by atoms with van der Waals surface area (Å²) in [7, 11) is 1.88. The highest BCUT2D eigenvalue weighted by Gasteiger charge is 2.07. The average Bonchev–Trinajstić information content (AvgIpc) is 2.73. The van der Waals surface area contributed by atoms with Crippen LogP contribution in [0.5, 0.6) is 0 Å². The van der Waals surface area contributed by atoms with Crippen LogP contribution in [0.25, 0.3) is 0 Å². The number of nitrogens with one attached hydrogen (secondary N) is 2. The number of likely N-dealkylation sites (N-methyl/N-ethyl adjacent to an activating group) is 1. The van der Waals surface area contributed by atoms with Crippen LogP contribution in [0.15, 0.2) is 5.38 Å². The van der Waals surface area contributed by atoms with E-state index >= 15 is 0 Å². The molecule has 2 N–H and O–H groups in total. The van der Waals surface area contributed by atoms with Crippen LogP contribution in [0.3, 0.4) is 0 Å².